The number of halogens is 2. The van der Waals surface area contributed by atoms with E-state index in [4.69, 9.17) is 0 Å². The molecule has 2 aromatic heterocycles. The number of hydrogen-bond donors (Lipinski definition) is 1. The minimum absolute atomic E-state index is 0.0595. The van der Waals surface area contributed by atoms with Gasteiger partial charge in [-0.15, -0.1) is 0 Å². The average Bonchev–Trinajstić information content (AvgIpc) is 3.53. The molecule has 4 heterocycles. The van der Waals surface area contributed by atoms with Crippen LogP contribution in [0.3, 0.4) is 0 Å². The van der Waals surface area contributed by atoms with Gasteiger partial charge in [0.15, 0.2) is 5.82 Å². The number of amides is 2. The summed E-state index contributed by atoms with van der Waals surface area (Å²) in [5.41, 5.74) is 2.16. The van der Waals surface area contributed by atoms with Gasteiger partial charge in [0.25, 0.3) is 0 Å². The van der Waals surface area contributed by atoms with Crippen molar-refractivity contribution in [1.29, 1.82) is 5.26 Å². The standard InChI is InChI=1S/C25H25F2N9O2/c1-15-22(20(14-37)32-33(15)2)23-19(27)13-29-24(31-23)34-5-7-35(8-6-34)25(38)36-21(3-4-30-36)17-9-16(12-28)10-18(26)11-17/h4,9-11,13,21,37H,3,5-8,14H2,1-2H3/t21-/m0/s1. The van der Waals surface area contributed by atoms with E-state index < -0.39 is 17.7 Å². The third-order valence-corrected chi connectivity index (χ3v) is 6.82. The second-order valence-corrected chi connectivity index (χ2v) is 9.09. The van der Waals surface area contributed by atoms with E-state index in [1.165, 1.54) is 11.1 Å². The molecule has 0 unspecified atom stereocenters. The van der Waals surface area contributed by atoms with Gasteiger partial charge < -0.3 is 14.9 Å². The molecular formula is C25H25F2N9O2. The van der Waals surface area contributed by atoms with Crippen LogP contribution in [0.4, 0.5) is 19.5 Å². The minimum atomic E-state index is -0.622. The largest absolute Gasteiger partial charge is 0.390 e. The molecule has 0 spiro atoms. The number of aromatic nitrogens is 4. The van der Waals surface area contributed by atoms with E-state index in [0.717, 1.165) is 12.3 Å². The molecule has 0 saturated carbocycles. The first-order valence-corrected chi connectivity index (χ1v) is 12.0. The number of aryl methyl sites for hydroxylation is 1. The van der Waals surface area contributed by atoms with Gasteiger partial charge in [-0.2, -0.15) is 15.5 Å². The van der Waals surface area contributed by atoms with E-state index in [-0.39, 0.29) is 23.9 Å². The van der Waals surface area contributed by atoms with Crippen molar-refractivity contribution in [2.24, 2.45) is 12.1 Å². The second kappa shape index (κ2) is 10.1. The molecule has 0 aliphatic carbocycles. The van der Waals surface area contributed by atoms with Crippen molar-refractivity contribution in [3.63, 3.8) is 0 Å². The van der Waals surface area contributed by atoms with Crippen molar-refractivity contribution < 1.29 is 18.7 Å². The van der Waals surface area contributed by atoms with E-state index in [2.05, 4.69) is 20.2 Å². The highest BCUT2D eigenvalue weighted by atomic mass is 19.1. The van der Waals surface area contributed by atoms with E-state index in [0.29, 0.717) is 61.1 Å². The number of urea groups is 1. The highest BCUT2D eigenvalue weighted by Gasteiger charge is 2.34. The number of benzene rings is 1. The fourth-order valence-electron chi connectivity index (χ4n) is 4.77. The first kappa shape index (κ1) is 25.2. The van der Waals surface area contributed by atoms with Crippen molar-refractivity contribution in [3.05, 3.63) is 58.5 Å². The maximum absolute atomic E-state index is 14.7. The molecule has 1 aromatic carbocycles. The smallest absolute Gasteiger partial charge is 0.341 e. The molecule has 196 valence electrons. The third-order valence-electron chi connectivity index (χ3n) is 6.82. The zero-order chi connectivity index (χ0) is 27.0. The van der Waals surface area contributed by atoms with Crippen LogP contribution >= 0.6 is 0 Å². The lowest BCUT2D eigenvalue weighted by Gasteiger charge is -2.37. The van der Waals surface area contributed by atoms with Crippen molar-refractivity contribution in [1.82, 2.24) is 29.7 Å². The van der Waals surface area contributed by atoms with Crippen LogP contribution < -0.4 is 4.90 Å². The number of anilines is 1. The summed E-state index contributed by atoms with van der Waals surface area (Å²) in [4.78, 5) is 25.4. The van der Waals surface area contributed by atoms with Gasteiger partial charge in [-0.25, -0.2) is 28.6 Å². The summed E-state index contributed by atoms with van der Waals surface area (Å²) in [5, 5.41) is 28.6. The zero-order valence-corrected chi connectivity index (χ0v) is 20.8. The Hall–Kier alpha value is -4.44. The van der Waals surface area contributed by atoms with Crippen LogP contribution in [0.2, 0.25) is 0 Å². The Kier molecular flexibility index (Phi) is 6.73. The molecule has 1 fully saturated rings. The Morgan fingerprint density at radius 3 is 2.68 bits per heavy atom. The van der Waals surface area contributed by atoms with Crippen molar-refractivity contribution in [2.45, 2.75) is 26.0 Å². The highest BCUT2D eigenvalue weighted by molar-refractivity contribution is 5.79. The number of hydrogen-bond acceptors (Lipinski definition) is 8. The summed E-state index contributed by atoms with van der Waals surface area (Å²) < 4.78 is 30.3. The van der Waals surface area contributed by atoms with E-state index in [9.17, 15) is 23.9 Å². The number of rotatable bonds is 4. The van der Waals surface area contributed by atoms with Gasteiger partial charge in [0.05, 0.1) is 36.2 Å². The predicted molar refractivity (Wildman–Crippen MR) is 133 cm³/mol. The van der Waals surface area contributed by atoms with Crippen LogP contribution in [0.5, 0.6) is 0 Å². The SMILES string of the molecule is Cc1c(-c2nc(N3CCN(C(=O)N4N=CC[C@H]4c4cc(F)cc(C#N)c4)CC3)ncc2F)c(CO)nn1C. The Balaban J connectivity index is 1.30. The van der Waals surface area contributed by atoms with Gasteiger partial charge >= 0.3 is 6.03 Å². The molecule has 2 aliphatic rings. The first-order valence-electron chi connectivity index (χ1n) is 12.0. The van der Waals surface area contributed by atoms with Gasteiger partial charge in [0.1, 0.15) is 11.5 Å². The van der Waals surface area contributed by atoms with Crippen molar-refractivity contribution in [2.75, 3.05) is 31.1 Å². The minimum Gasteiger partial charge on any atom is -0.390 e. The average molecular weight is 522 g/mol. The van der Waals surface area contributed by atoms with Gasteiger partial charge in [-0.1, -0.05) is 0 Å². The first-order chi connectivity index (χ1) is 18.3. The molecule has 1 saturated heterocycles. The predicted octanol–water partition coefficient (Wildman–Crippen LogP) is 2.50. The lowest BCUT2D eigenvalue weighted by molar-refractivity contribution is 0.139. The Morgan fingerprint density at radius 1 is 1.21 bits per heavy atom. The van der Waals surface area contributed by atoms with E-state index in [1.807, 2.05) is 11.0 Å². The third kappa shape index (κ3) is 4.54. The summed E-state index contributed by atoms with van der Waals surface area (Å²) in [6.07, 6.45) is 3.11. The molecule has 5 rings (SSSR count). The molecule has 38 heavy (non-hydrogen) atoms. The summed E-state index contributed by atoms with van der Waals surface area (Å²) in [6, 6.07) is 5.13. The molecule has 3 aromatic rings. The molecule has 0 bridgehead atoms. The molecular weight excluding hydrogens is 496 g/mol. The Labute approximate surface area is 217 Å². The van der Waals surface area contributed by atoms with Crippen LogP contribution in [0.1, 0.15) is 35.0 Å². The quantitative estimate of drug-likeness (QED) is 0.559. The number of aliphatic hydroxyl groups is 1. The lowest BCUT2D eigenvalue weighted by Crippen LogP contribution is -2.52. The molecule has 11 nitrogen and oxygen atoms in total. The fourth-order valence-corrected chi connectivity index (χ4v) is 4.77. The van der Waals surface area contributed by atoms with Gasteiger partial charge in [-0.3, -0.25) is 4.68 Å². The molecule has 0 radical (unpaired) electrons. The van der Waals surface area contributed by atoms with Gasteiger partial charge in [0, 0.05) is 57.1 Å². The number of hydrazone groups is 1. The summed E-state index contributed by atoms with van der Waals surface area (Å²) in [7, 11) is 1.71. The summed E-state index contributed by atoms with van der Waals surface area (Å²) in [5.74, 6) is -0.858. The van der Waals surface area contributed by atoms with Crippen LogP contribution in [0, 0.1) is 29.9 Å². The van der Waals surface area contributed by atoms with Crippen molar-refractivity contribution in [3.8, 4) is 17.3 Å². The molecule has 2 amide bonds. The summed E-state index contributed by atoms with van der Waals surface area (Å²) >= 11 is 0. The topological polar surface area (TPSA) is 127 Å². The zero-order valence-electron chi connectivity index (χ0n) is 20.8. The number of aliphatic hydroxyl groups excluding tert-OH is 1. The maximum Gasteiger partial charge on any atom is 0.341 e. The highest BCUT2D eigenvalue weighted by Crippen LogP contribution is 2.32. The Bertz CT molecular complexity index is 1460. The van der Waals surface area contributed by atoms with E-state index in [1.54, 1.807) is 35.8 Å². The van der Waals surface area contributed by atoms with Gasteiger partial charge in [-0.05, 0) is 30.7 Å². The maximum atomic E-state index is 14.7. The molecule has 1 N–H and O–H groups in total. The Morgan fingerprint density at radius 2 is 1.97 bits per heavy atom. The number of nitrogens with zero attached hydrogens (tertiary/aromatic N) is 9. The fraction of sp³-hybridized carbons (Fsp3) is 0.360. The van der Waals surface area contributed by atoms with E-state index >= 15 is 0 Å². The molecule has 13 heteroatoms. The molecule has 1 atom stereocenters. The second-order valence-electron chi connectivity index (χ2n) is 9.09. The lowest BCUT2D eigenvalue weighted by atomic mass is 10.0. The number of nitriles is 1. The number of carbonyl (C=O) groups is 1. The van der Waals surface area contributed by atoms with Crippen LogP contribution in [0.25, 0.3) is 11.3 Å². The summed E-state index contributed by atoms with van der Waals surface area (Å²) in [6.45, 7) is 2.89. The number of carbonyl (C=O) groups excluding carboxylic acids is 1. The normalized spacial score (nSPS) is 17.3. The van der Waals surface area contributed by atoms with Crippen LogP contribution in [-0.4, -0.2) is 73.2 Å². The van der Waals surface area contributed by atoms with Gasteiger partial charge in [0.2, 0.25) is 5.95 Å². The monoisotopic (exact) mass is 521 g/mol. The molecule has 2 aliphatic heterocycles. The number of piperazine rings is 1. The van der Waals surface area contributed by atoms with Crippen LogP contribution in [-0.2, 0) is 13.7 Å². The van der Waals surface area contributed by atoms with Crippen molar-refractivity contribution >= 4 is 18.2 Å². The van der Waals surface area contributed by atoms with Crippen LogP contribution in [0.15, 0.2) is 29.5 Å².